The predicted molar refractivity (Wildman–Crippen MR) is 204 cm³/mol. The smallest absolute Gasteiger partial charge is 0.408 e. The van der Waals surface area contributed by atoms with Crippen molar-refractivity contribution in [3.8, 4) is 0 Å². The van der Waals surface area contributed by atoms with Crippen LogP contribution in [0.3, 0.4) is 0 Å². The molecule has 1 aliphatic heterocycles. The standard InChI is InChI=1S/C34H56FN11O14/c1-16(48)38-10-6-5-8-19(28(54)44-26-17(35)14-46(32(57)45-26)29-25(52)24(51)21(15-47)59-29)41-22(49)12-20(30(55)56)42-23(50)13-40-27(53)18(9-7-11-39-31(36)37)43-33(58)60-34(2,3)4/h14,18-21,24-25,29,31,39,47,51-52H,5-13,15,36-37H2,1-4H3,(H,38,48)(H,40,53)(H,41,49)(H,42,50)(H,43,58)(H,55,56)(H,44,45,54,57). The summed E-state index contributed by atoms with van der Waals surface area (Å²) < 4.78 is 26.1. The summed E-state index contributed by atoms with van der Waals surface area (Å²) in [6.45, 7) is 5.04. The third-order valence-electron chi connectivity index (χ3n) is 8.39. The van der Waals surface area contributed by atoms with E-state index in [0.717, 1.165) is 0 Å². The van der Waals surface area contributed by atoms with Gasteiger partial charge in [-0.3, -0.25) is 33.9 Å². The van der Waals surface area contributed by atoms with Gasteiger partial charge in [-0.2, -0.15) is 4.98 Å². The van der Waals surface area contributed by atoms with Crippen LogP contribution in [0.15, 0.2) is 11.0 Å². The first-order valence-electron chi connectivity index (χ1n) is 18.8. The van der Waals surface area contributed by atoms with Crippen LogP contribution in [0.5, 0.6) is 0 Å². The summed E-state index contributed by atoms with van der Waals surface area (Å²) in [6.07, 6.45) is -7.78. The molecule has 338 valence electrons. The van der Waals surface area contributed by atoms with E-state index < -0.39 is 127 Å². The van der Waals surface area contributed by atoms with E-state index in [2.05, 4.69) is 42.2 Å². The summed E-state index contributed by atoms with van der Waals surface area (Å²) in [5, 5.41) is 55.8. The van der Waals surface area contributed by atoms with Gasteiger partial charge in [0.05, 0.1) is 25.8 Å². The molecule has 0 bridgehead atoms. The number of nitrogens with two attached hydrogens (primary N) is 2. The zero-order valence-corrected chi connectivity index (χ0v) is 33.6. The number of ether oxygens (including phenoxy) is 2. The second-order valence-electron chi connectivity index (χ2n) is 14.6. The monoisotopic (exact) mass is 861 g/mol. The largest absolute Gasteiger partial charge is 0.480 e. The zero-order chi connectivity index (χ0) is 45.3. The number of carboxylic acids is 1. The number of amides is 6. The normalized spacial score (nSPS) is 19.1. The number of aromatic nitrogens is 2. The fourth-order valence-corrected chi connectivity index (χ4v) is 5.50. The highest BCUT2D eigenvalue weighted by atomic mass is 19.1. The molecule has 7 atom stereocenters. The maximum atomic E-state index is 15.2. The van der Waals surface area contributed by atoms with Crippen molar-refractivity contribution in [2.45, 2.75) is 121 Å². The first-order valence-corrected chi connectivity index (χ1v) is 18.8. The van der Waals surface area contributed by atoms with Gasteiger partial charge in [-0.1, -0.05) is 0 Å². The lowest BCUT2D eigenvalue weighted by molar-refractivity contribution is -0.143. The van der Waals surface area contributed by atoms with Gasteiger partial charge in [0.15, 0.2) is 17.9 Å². The number of unbranched alkanes of at least 4 members (excludes halogenated alkanes) is 1. The zero-order valence-electron chi connectivity index (χ0n) is 33.6. The molecule has 1 aliphatic rings. The van der Waals surface area contributed by atoms with Crippen molar-refractivity contribution >= 4 is 47.4 Å². The van der Waals surface area contributed by atoms with Gasteiger partial charge in [-0.15, -0.1) is 0 Å². The maximum Gasteiger partial charge on any atom is 0.408 e. The molecule has 7 unspecified atom stereocenters. The lowest BCUT2D eigenvalue weighted by Gasteiger charge is -2.23. The molecule has 25 nitrogen and oxygen atoms in total. The fraction of sp³-hybridized carbons (Fsp3) is 0.676. The van der Waals surface area contributed by atoms with Gasteiger partial charge in [-0.05, 0) is 59.4 Å². The van der Waals surface area contributed by atoms with Crippen molar-refractivity contribution in [3.63, 3.8) is 0 Å². The molecule has 0 radical (unpaired) electrons. The Kier molecular flexibility index (Phi) is 20.3. The first kappa shape index (κ1) is 50.8. The van der Waals surface area contributed by atoms with Crippen molar-refractivity contribution in [2.24, 2.45) is 11.5 Å². The van der Waals surface area contributed by atoms with Gasteiger partial charge in [0.1, 0.15) is 48.3 Å². The third-order valence-corrected chi connectivity index (χ3v) is 8.39. The average Bonchev–Trinajstić information content (AvgIpc) is 3.43. The molecular weight excluding hydrogens is 805 g/mol. The number of aliphatic hydroxyl groups excluding tert-OH is 3. The minimum Gasteiger partial charge on any atom is -0.480 e. The van der Waals surface area contributed by atoms with E-state index in [0.29, 0.717) is 23.6 Å². The second-order valence-corrected chi connectivity index (χ2v) is 14.6. The van der Waals surface area contributed by atoms with Gasteiger partial charge in [-0.25, -0.2) is 18.8 Å². The molecule has 0 aromatic carbocycles. The minimum absolute atomic E-state index is 0.0493. The first-order chi connectivity index (χ1) is 28.0. The van der Waals surface area contributed by atoms with Crippen LogP contribution in [0.4, 0.5) is 15.0 Å². The Hall–Kier alpha value is -5.38. The Bertz CT molecular complexity index is 1730. The number of aliphatic hydroxyl groups is 3. The number of hydrogen-bond acceptors (Lipinski definition) is 17. The van der Waals surface area contributed by atoms with Crippen LogP contribution in [-0.2, 0) is 38.2 Å². The lowest BCUT2D eigenvalue weighted by atomic mass is 10.1. The minimum atomic E-state index is -1.89. The average molecular weight is 862 g/mol. The second kappa shape index (κ2) is 24.0. The summed E-state index contributed by atoms with van der Waals surface area (Å²) in [5.74, 6) is -8.25. The number of nitrogens with one attached hydrogen (secondary N) is 7. The number of carbonyl (C=O) groups is 7. The number of hydrogen-bond donors (Lipinski definition) is 13. The van der Waals surface area contributed by atoms with Crippen molar-refractivity contribution < 1.29 is 67.9 Å². The van der Waals surface area contributed by atoms with Crippen molar-refractivity contribution in [1.29, 1.82) is 0 Å². The molecular formula is C34H56FN11O14. The van der Waals surface area contributed by atoms with Gasteiger partial charge in [0.25, 0.3) is 0 Å². The molecule has 2 rings (SSSR count). The Morgan fingerprint density at radius 1 is 0.917 bits per heavy atom. The summed E-state index contributed by atoms with van der Waals surface area (Å²) in [7, 11) is 0. The van der Waals surface area contributed by atoms with Crippen molar-refractivity contribution in [1.82, 2.24) is 41.5 Å². The van der Waals surface area contributed by atoms with Crippen LogP contribution in [-0.4, -0.2) is 146 Å². The molecule has 2 heterocycles. The Morgan fingerprint density at radius 2 is 1.55 bits per heavy atom. The van der Waals surface area contributed by atoms with Crippen LogP contribution in [0, 0.1) is 5.82 Å². The molecule has 0 saturated carbocycles. The summed E-state index contributed by atoms with van der Waals surface area (Å²) in [6, 6.07) is -4.59. The summed E-state index contributed by atoms with van der Waals surface area (Å²) in [5.41, 5.74) is 8.76. The molecule has 15 N–H and O–H groups in total. The molecule has 6 amide bonds. The number of carbonyl (C=O) groups excluding carboxylic acids is 6. The molecule has 26 heteroatoms. The van der Waals surface area contributed by atoms with Crippen LogP contribution < -0.4 is 54.4 Å². The Morgan fingerprint density at radius 3 is 2.13 bits per heavy atom. The molecule has 1 fully saturated rings. The van der Waals surface area contributed by atoms with E-state index in [1.165, 1.54) is 6.92 Å². The highest BCUT2D eigenvalue weighted by Gasteiger charge is 2.44. The van der Waals surface area contributed by atoms with Crippen LogP contribution >= 0.6 is 0 Å². The van der Waals surface area contributed by atoms with Gasteiger partial charge < -0.3 is 73.3 Å². The maximum absolute atomic E-state index is 15.2. The summed E-state index contributed by atoms with van der Waals surface area (Å²) in [4.78, 5) is 104. The number of aliphatic carboxylic acids is 1. The van der Waals surface area contributed by atoms with Crippen molar-refractivity contribution in [2.75, 3.05) is 31.6 Å². The van der Waals surface area contributed by atoms with E-state index >= 15 is 4.39 Å². The predicted octanol–water partition coefficient (Wildman–Crippen LogP) is -4.74. The topological polar surface area (TPSA) is 390 Å². The SMILES string of the molecule is CC(=O)NCCCCC(NC(=O)CC(NC(=O)CNC(=O)C(CCCNC(N)N)NC(=O)OC(C)(C)C)C(=O)O)C(=O)Nc1nc(=O)n(C2OC(CO)C(O)C2O)cc1F. The van der Waals surface area contributed by atoms with E-state index in [-0.39, 0.29) is 38.3 Å². The Labute approximate surface area is 342 Å². The molecule has 1 aromatic heterocycles. The highest BCUT2D eigenvalue weighted by Crippen LogP contribution is 2.28. The Balaban J connectivity index is 2.13. The van der Waals surface area contributed by atoms with E-state index in [1.807, 2.05) is 0 Å². The number of halogens is 1. The molecule has 1 aromatic rings. The van der Waals surface area contributed by atoms with Gasteiger partial charge >= 0.3 is 17.8 Å². The molecule has 0 spiro atoms. The number of rotatable bonds is 23. The van der Waals surface area contributed by atoms with Crippen LogP contribution in [0.1, 0.15) is 72.4 Å². The molecule has 1 saturated heterocycles. The number of alkyl carbamates (subject to hydrolysis) is 1. The van der Waals surface area contributed by atoms with Crippen molar-refractivity contribution in [3.05, 3.63) is 22.5 Å². The molecule has 0 aliphatic carbocycles. The van der Waals surface area contributed by atoms with E-state index in [1.54, 1.807) is 20.8 Å². The van der Waals surface area contributed by atoms with Gasteiger partial charge in [0.2, 0.25) is 29.5 Å². The third kappa shape index (κ3) is 17.5. The number of anilines is 1. The van der Waals surface area contributed by atoms with E-state index in [9.17, 15) is 58.8 Å². The summed E-state index contributed by atoms with van der Waals surface area (Å²) >= 11 is 0. The van der Waals surface area contributed by atoms with Crippen LogP contribution in [0.25, 0.3) is 0 Å². The quantitative estimate of drug-likeness (QED) is 0.0363. The number of nitrogens with zero attached hydrogens (tertiary/aromatic N) is 2. The molecule has 60 heavy (non-hydrogen) atoms. The van der Waals surface area contributed by atoms with Gasteiger partial charge in [0, 0.05) is 13.5 Å². The fourth-order valence-electron chi connectivity index (χ4n) is 5.50. The van der Waals surface area contributed by atoms with Crippen LogP contribution in [0.2, 0.25) is 0 Å². The van der Waals surface area contributed by atoms with E-state index in [4.69, 9.17) is 20.9 Å². The lowest BCUT2D eigenvalue weighted by Crippen LogP contribution is -2.52. The number of carboxylic acid groups (broad SMARTS) is 1. The highest BCUT2D eigenvalue weighted by molar-refractivity contribution is 5.97.